The van der Waals surface area contributed by atoms with E-state index in [1.165, 1.54) is 20.8 Å². The lowest BCUT2D eigenvalue weighted by atomic mass is 10.2. The second kappa shape index (κ2) is 5.06. The van der Waals surface area contributed by atoms with Gasteiger partial charge in [-0.3, -0.25) is 0 Å². The molecule has 0 unspecified atom stereocenters. The third-order valence-electron chi connectivity index (χ3n) is 1.65. The summed E-state index contributed by atoms with van der Waals surface area (Å²) in [6, 6.07) is 0. The summed E-state index contributed by atoms with van der Waals surface area (Å²) in [5, 5.41) is 0. The predicted molar refractivity (Wildman–Crippen MR) is 49.2 cm³/mol. The Labute approximate surface area is 104 Å². The highest BCUT2D eigenvalue weighted by atomic mass is 19.4. The lowest BCUT2D eigenvalue weighted by molar-refractivity contribution is -0.451. The fourth-order valence-corrected chi connectivity index (χ4v) is 0.938. The molecule has 10 heteroatoms. The fraction of sp³-hybridized carbons (Fsp3) is 0.889. The van der Waals surface area contributed by atoms with Crippen LogP contribution < -0.4 is 0 Å². The van der Waals surface area contributed by atoms with Crippen molar-refractivity contribution in [3.63, 3.8) is 0 Å². The summed E-state index contributed by atoms with van der Waals surface area (Å²) in [5.74, 6) is -5.07. The summed E-state index contributed by atoms with van der Waals surface area (Å²) >= 11 is 0. The van der Waals surface area contributed by atoms with Crippen molar-refractivity contribution >= 4 is 6.16 Å². The smallest absolute Gasteiger partial charge is 0.428 e. The Morgan fingerprint density at radius 3 is 1.42 bits per heavy atom. The Bertz CT molecular complexity index is 313. The van der Waals surface area contributed by atoms with Gasteiger partial charge < -0.3 is 14.2 Å². The summed E-state index contributed by atoms with van der Waals surface area (Å²) in [7, 11) is 0.116. The van der Waals surface area contributed by atoms with Crippen LogP contribution in [0.1, 0.15) is 20.8 Å². The molecule has 0 spiro atoms. The molecule has 19 heavy (non-hydrogen) atoms. The summed E-state index contributed by atoms with van der Waals surface area (Å²) in [4.78, 5) is 11.0. The molecule has 0 aromatic carbocycles. The molecule has 0 saturated carbocycles. The molecule has 0 aromatic heterocycles. The van der Waals surface area contributed by atoms with Gasteiger partial charge in [0.1, 0.15) is 5.60 Å². The van der Waals surface area contributed by atoms with Crippen LogP contribution in [0.3, 0.4) is 0 Å². The molecule has 0 radical (unpaired) electrons. The van der Waals surface area contributed by atoms with Crippen molar-refractivity contribution in [1.29, 1.82) is 0 Å². The van der Waals surface area contributed by atoms with E-state index in [1.807, 2.05) is 0 Å². The lowest BCUT2D eigenvalue weighted by Crippen LogP contribution is -2.61. The topological polar surface area (TPSA) is 44.8 Å². The molecule has 0 bridgehead atoms. The van der Waals surface area contributed by atoms with E-state index in [0.717, 1.165) is 0 Å². The SMILES string of the molecule is COC(OC(=O)OC(C)(C)C)(C(F)(F)F)C(F)(F)F. The van der Waals surface area contributed by atoms with Crippen molar-refractivity contribution in [2.75, 3.05) is 7.11 Å². The van der Waals surface area contributed by atoms with Gasteiger partial charge in [0, 0.05) is 7.11 Å². The minimum Gasteiger partial charge on any atom is -0.428 e. The van der Waals surface area contributed by atoms with Crippen molar-refractivity contribution < 1.29 is 45.3 Å². The van der Waals surface area contributed by atoms with Crippen molar-refractivity contribution in [2.24, 2.45) is 0 Å². The second-order valence-electron chi connectivity index (χ2n) is 4.38. The lowest BCUT2D eigenvalue weighted by Gasteiger charge is -2.34. The minimum atomic E-state index is -6.02. The van der Waals surface area contributed by atoms with Gasteiger partial charge in [-0.25, -0.2) is 4.79 Å². The van der Waals surface area contributed by atoms with Gasteiger partial charge in [0.2, 0.25) is 0 Å². The molecular formula is C9H12F6O4. The first-order valence-corrected chi connectivity index (χ1v) is 4.77. The van der Waals surface area contributed by atoms with Crippen LogP contribution in [0.5, 0.6) is 0 Å². The zero-order chi connectivity index (χ0) is 15.7. The van der Waals surface area contributed by atoms with Crippen LogP contribution in [0, 0.1) is 0 Å². The van der Waals surface area contributed by atoms with Crippen LogP contribution in [0.15, 0.2) is 0 Å². The zero-order valence-corrected chi connectivity index (χ0v) is 10.4. The van der Waals surface area contributed by atoms with Gasteiger partial charge in [-0.1, -0.05) is 0 Å². The van der Waals surface area contributed by atoms with Crippen molar-refractivity contribution in [1.82, 2.24) is 0 Å². The van der Waals surface area contributed by atoms with Crippen LogP contribution >= 0.6 is 0 Å². The van der Waals surface area contributed by atoms with Gasteiger partial charge in [0.25, 0.3) is 0 Å². The van der Waals surface area contributed by atoms with Crippen molar-refractivity contribution in [3.05, 3.63) is 0 Å². The average Bonchev–Trinajstić information content (AvgIpc) is 2.06. The fourth-order valence-electron chi connectivity index (χ4n) is 0.938. The Morgan fingerprint density at radius 1 is 0.842 bits per heavy atom. The monoisotopic (exact) mass is 298 g/mol. The molecule has 0 aliphatic heterocycles. The largest absolute Gasteiger partial charge is 0.511 e. The summed E-state index contributed by atoms with van der Waals surface area (Å²) in [6.45, 7) is 3.72. The molecule has 0 fully saturated rings. The second-order valence-corrected chi connectivity index (χ2v) is 4.38. The van der Waals surface area contributed by atoms with Gasteiger partial charge in [0.15, 0.2) is 0 Å². The summed E-state index contributed by atoms with van der Waals surface area (Å²) in [6.07, 6.45) is -14.2. The Morgan fingerprint density at radius 2 is 1.21 bits per heavy atom. The first-order chi connectivity index (χ1) is 8.16. The predicted octanol–water partition coefficient (Wildman–Crippen LogP) is 3.41. The van der Waals surface area contributed by atoms with Crippen LogP contribution in [0.2, 0.25) is 0 Å². The Balaban J connectivity index is 5.37. The highest BCUT2D eigenvalue weighted by Gasteiger charge is 2.76. The first kappa shape index (κ1) is 17.8. The van der Waals surface area contributed by atoms with Gasteiger partial charge in [-0.2, -0.15) is 26.3 Å². The average molecular weight is 298 g/mol. The number of methoxy groups -OCH3 is 1. The maximum Gasteiger partial charge on any atom is 0.511 e. The molecule has 0 aromatic rings. The van der Waals surface area contributed by atoms with Gasteiger partial charge >= 0.3 is 24.3 Å². The van der Waals surface area contributed by atoms with Crippen molar-refractivity contribution in [3.8, 4) is 0 Å². The van der Waals surface area contributed by atoms with E-state index in [2.05, 4.69) is 14.2 Å². The Hall–Kier alpha value is -1.19. The third-order valence-corrected chi connectivity index (χ3v) is 1.65. The number of carbonyl (C=O) groups is 1. The van der Waals surface area contributed by atoms with Gasteiger partial charge in [-0.15, -0.1) is 0 Å². The molecule has 4 nitrogen and oxygen atoms in total. The van der Waals surface area contributed by atoms with E-state index in [0.29, 0.717) is 0 Å². The van der Waals surface area contributed by atoms with E-state index >= 15 is 0 Å². The highest BCUT2D eigenvalue weighted by Crippen LogP contribution is 2.46. The first-order valence-electron chi connectivity index (χ1n) is 4.77. The third kappa shape index (κ3) is 4.15. The zero-order valence-electron chi connectivity index (χ0n) is 10.4. The van der Waals surface area contributed by atoms with E-state index < -0.39 is 29.9 Å². The molecular weight excluding hydrogens is 286 g/mol. The molecule has 0 rings (SSSR count). The Kier molecular flexibility index (Phi) is 4.75. The standard InChI is InChI=1S/C9H12F6O4/c1-6(2,3)18-5(16)19-7(17-4,8(10,11)12)9(13,14)15/h1-4H3. The van der Waals surface area contributed by atoms with Gasteiger partial charge in [-0.05, 0) is 20.8 Å². The number of hydrogen-bond acceptors (Lipinski definition) is 4. The molecule has 0 N–H and O–H groups in total. The molecule has 0 aliphatic carbocycles. The molecule has 0 heterocycles. The van der Waals surface area contributed by atoms with E-state index in [1.54, 1.807) is 0 Å². The van der Waals surface area contributed by atoms with Gasteiger partial charge in [0.05, 0.1) is 0 Å². The van der Waals surface area contributed by atoms with Crippen LogP contribution in [0.25, 0.3) is 0 Å². The van der Waals surface area contributed by atoms with Crippen LogP contribution in [-0.4, -0.2) is 37.0 Å². The molecule has 0 amide bonds. The van der Waals surface area contributed by atoms with E-state index in [-0.39, 0.29) is 7.11 Å². The number of halogens is 6. The van der Waals surface area contributed by atoms with Crippen LogP contribution in [-0.2, 0) is 14.2 Å². The normalized spacial score (nSPS) is 14.2. The number of ether oxygens (including phenoxy) is 3. The quantitative estimate of drug-likeness (QED) is 0.445. The van der Waals surface area contributed by atoms with E-state index in [4.69, 9.17) is 0 Å². The molecule has 114 valence electrons. The molecule has 0 aliphatic rings. The van der Waals surface area contributed by atoms with Crippen molar-refractivity contribution in [2.45, 2.75) is 44.5 Å². The number of hydrogen-bond donors (Lipinski definition) is 0. The van der Waals surface area contributed by atoms with E-state index in [9.17, 15) is 31.1 Å². The maximum absolute atomic E-state index is 12.5. The summed E-state index contributed by atoms with van der Waals surface area (Å²) in [5.41, 5.74) is -1.33. The number of alkyl halides is 6. The number of rotatable bonds is 2. The van der Waals surface area contributed by atoms with Crippen LogP contribution in [0.4, 0.5) is 31.1 Å². The molecule has 0 atom stereocenters. The number of carbonyl (C=O) groups excluding carboxylic acids is 1. The maximum atomic E-state index is 12.5. The highest BCUT2D eigenvalue weighted by molar-refractivity contribution is 5.61. The summed E-state index contributed by atoms with van der Waals surface area (Å²) < 4.78 is 85.9. The molecule has 0 saturated heterocycles. The minimum absolute atomic E-state index is 0.116.